The first kappa shape index (κ1) is 11.2. The maximum Gasteiger partial charge on any atom is 0.0850 e. The van der Waals surface area contributed by atoms with E-state index in [4.69, 9.17) is 4.52 Å². The Morgan fingerprint density at radius 2 is 1.15 bits per heavy atom. The summed E-state index contributed by atoms with van der Waals surface area (Å²) in [5, 5.41) is 3.13. The average molecular weight is 200 g/mol. The van der Waals surface area contributed by atoms with E-state index < -0.39 is 0 Å². The summed E-state index contributed by atoms with van der Waals surface area (Å²) in [5.41, 5.74) is 0.592. The quantitative estimate of drug-likeness (QED) is 0.572. The van der Waals surface area contributed by atoms with Crippen molar-refractivity contribution in [1.29, 1.82) is 0 Å². The van der Waals surface area contributed by atoms with Crippen molar-refractivity contribution in [2.75, 3.05) is 7.11 Å². The van der Waals surface area contributed by atoms with Crippen LogP contribution in [0.5, 0.6) is 0 Å². The average Bonchev–Trinajstić information content (AvgIpc) is 2.56. The van der Waals surface area contributed by atoms with Crippen LogP contribution in [-0.4, -0.2) is 7.11 Å². The number of hydrogen-bond acceptors (Lipinski definition) is 1. The maximum atomic E-state index is 5.53. The van der Waals surface area contributed by atoms with E-state index in [1.165, 1.54) is 0 Å². The Labute approximate surface area is 83.4 Å². The van der Waals surface area contributed by atoms with Crippen molar-refractivity contribution in [3.63, 3.8) is 0 Å². The molecule has 1 rings (SSSR count). The van der Waals surface area contributed by atoms with E-state index in [1.54, 1.807) is 10.6 Å². The number of allylic oxidation sites excluding steroid dienone is 2. The van der Waals surface area contributed by atoms with Crippen LogP contribution in [0.1, 0.15) is 41.5 Å². The van der Waals surface area contributed by atoms with E-state index in [0.29, 0.717) is 10.8 Å². The van der Waals surface area contributed by atoms with Crippen molar-refractivity contribution in [3.8, 4) is 0 Å². The van der Waals surface area contributed by atoms with Gasteiger partial charge in [0.25, 0.3) is 0 Å². The van der Waals surface area contributed by atoms with Crippen LogP contribution in [-0.2, 0) is 4.52 Å². The highest BCUT2D eigenvalue weighted by atomic mass is 31.1. The molecule has 0 saturated carbocycles. The fourth-order valence-corrected chi connectivity index (χ4v) is 4.33. The summed E-state index contributed by atoms with van der Waals surface area (Å²) in [4.78, 5) is 0. The molecular formula is C11H21OP. The van der Waals surface area contributed by atoms with Crippen LogP contribution in [0.2, 0.25) is 0 Å². The second-order valence-electron chi connectivity index (χ2n) is 5.67. The molecule has 0 aromatic heterocycles. The molecule has 0 aromatic rings. The predicted octanol–water partition coefficient (Wildman–Crippen LogP) is 4.35. The van der Waals surface area contributed by atoms with Crippen LogP contribution in [0, 0.1) is 10.8 Å². The first-order valence-electron chi connectivity index (χ1n) is 4.79. The molecule has 1 heterocycles. The first-order valence-corrected chi connectivity index (χ1v) is 6.05. The van der Waals surface area contributed by atoms with Gasteiger partial charge in [0.2, 0.25) is 0 Å². The Hall–Kier alpha value is 0.130. The van der Waals surface area contributed by atoms with Crippen LogP contribution >= 0.6 is 8.15 Å². The minimum atomic E-state index is -0.318. The Bertz CT molecular complexity index is 216. The van der Waals surface area contributed by atoms with Crippen LogP contribution in [0.3, 0.4) is 0 Å². The molecule has 1 aliphatic rings. The summed E-state index contributed by atoms with van der Waals surface area (Å²) < 4.78 is 5.53. The minimum absolute atomic E-state index is 0.296. The summed E-state index contributed by atoms with van der Waals surface area (Å²) in [6.45, 7) is 13.6. The molecule has 0 amide bonds. The molecule has 0 saturated heterocycles. The molecule has 1 aliphatic heterocycles. The van der Waals surface area contributed by atoms with Gasteiger partial charge in [0.1, 0.15) is 0 Å². The highest BCUT2D eigenvalue weighted by Gasteiger charge is 2.49. The van der Waals surface area contributed by atoms with E-state index in [-0.39, 0.29) is 8.15 Å². The number of rotatable bonds is 1. The van der Waals surface area contributed by atoms with Crippen molar-refractivity contribution < 1.29 is 4.52 Å². The van der Waals surface area contributed by atoms with Gasteiger partial charge < -0.3 is 4.52 Å². The third-order valence-corrected chi connectivity index (χ3v) is 4.93. The lowest BCUT2D eigenvalue weighted by Gasteiger charge is -2.14. The zero-order chi connectivity index (χ0) is 10.4. The standard InChI is InChI=1S/C11H21OP/c1-10(2,3)8-9(11(4,5)6)13(8)12-7/h1-7H3. The van der Waals surface area contributed by atoms with Crippen LogP contribution in [0.4, 0.5) is 0 Å². The smallest absolute Gasteiger partial charge is 0.0850 e. The molecule has 0 radical (unpaired) electrons. The lowest BCUT2D eigenvalue weighted by Crippen LogP contribution is -2.04. The normalized spacial score (nSPS) is 19.6. The lowest BCUT2D eigenvalue weighted by molar-refractivity contribution is 0.462. The Balaban J connectivity index is 2.90. The van der Waals surface area contributed by atoms with Crippen molar-refractivity contribution in [2.24, 2.45) is 10.8 Å². The minimum Gasteiger partial charge on any atom is -0.353 e. The Morgan fingerprint density at radius 1 is 0.846 bits per heavy atom. The summed E-state index contributed by atoms with van der Waals surface area (Å²) in [7, 11) is 1.51. The molecule has 0 aromatic carbocycles. The molecule has 0 aliphatic carbocycles. The molecule has 1 nitrogen and oxygen atoms in total. The monoisotopic (exact) mass is 200 g/mol. The molecule has 0 N–H and O–H groups in total. The van der Waals surface area contributed by atoms with Gasteiger partial charge in [-0.2, -0.15) is 0 Å². The van der Waals surface area contributed by atoms with Crippen LogP contribution < -0.4 is 0 Å². The molecule has 0 atom stereocenters. The van der Waals surface area contributed by atoms with E-state index in [9.17, 15) is 0 Å². The molecular weight excluding hydrogens is 179 g/mol. The van der Waals surface area contributed by atoms with Gasteiger partial charge >= 0.3 is 0 Å². The largest absolute Gasteiger partial charge is 0.353 e. The Kier molecular flexibility index (Phi) is 2.64. The topological polar surface area (TPSA) is 9.23 Å². The molecule has 2 heteroatoms. The second-order valence-corrected chi connectivity index (χ2v) is 7.52. The van der Waals surface area contributed by atoms with Crippen molar-refractivity contribution in [1.82, 2.24) is 0 Å². The van der Waals surface area contributed by atoms with Gasteiger partial charge in [0, 0.05) is 7.11 Å². The number of hydrogen-bond donors (Lipinski definition) is 0. The summed E-state index contributed by atoms with van der Waals surface area (Å²) in [6.07, 6.45) is 0. The van der Waals surface area contributed by atoms with E-state index in [0.717, 1.165) is 0 Å². The van der Waals surface area contributed by atoms with Crippen molar-refractivity contribution in [3.05, 3.63) is 10.6 Å². The summed E-state index contributed by atoms with van der Waals surface area (Å²) >= 11 is 0. The summed E-state index contributed by atoms with van der Waals surface area (Å²) in [6, 6.07) is 0. The van der Waals surface area contributed by atoms with Gasteiger partial charge in [0.15, 0.2) is 0 Å². The van der Waals surface area contributed by atoms with Crippen molar-refractivity contribution in [2.45, 2.75) is 41.5 Å². The summed E-state index contributed by atoms with van der Waals surface area (Å²) in [5.74, 6) is 0. The van der Waals surface area contributed by atoms with Gasteiger partial charge in [-0.25, -0.2) is 0 Å². The van der Waals surface area contributed by atoms with E-state index >= 15 is 0 Å². The van der Waals surface area contributed by atoms with E-state index in [1.807, 2.05) is 7.11 Å². The first-order chi connectivity index (χ1) is 5.69. The molecule has 76 valence electrons. The second kappa shape index (κ2) is 3.07. The highest BCUT2D eigenvalue weighted by molar-refractivity contribution is 7.69. The van der Waals surface area contributed by atoms with Gasteiger partial charge in [-0.15, -0.1) is 0 Å². The van der Waals surface area contributed by atoms with Gasteiger partial charge in [-0.05, 0) is 21.5 Å². The zero-order valence-electron chi connectivity index (χ0n) is 9.86. The SMILES string of the molecule is COP1C(C(C)(C)C)=C1C(C)(C)C. The highest BCUT2D eigenvalue weighted by Crippen LogP contribution is 2.79. The molecule has 0 bridgehead atoms. The lowest BCUT2D eigenvalue weighted by atomic mass is 9.89. The maximum absolute atomic E-state index is 5.53. The van der Waals surface area contributed by atoms with E-state index in [2.05, 4.69) is 41.5 Å². The predicted molar refractivity (Wildman–Crippen MR) is 59.9 cm³/mol. The fraction of sp³-hybridized carbons (Fsp3) is 0.818. The fourth-order valence-electron chi connectivity index (χ4n) is 1.65. The van der Waals surface area contributed by atoms with Gasteiger partial charge in [0.05, 0.1) is 8.15 Å². The van der Waals surface area contributed by atoms with Crippen LogP contribution in [0.25, 0.3) is 0 Å². The van der Waals surface area contributed by atoms with Crippen molar-refractivity contribution >= 4 is 8.15 Å². The zero-order valence-corrected chi connectivity index (χ0v) is 10.7. The third kappa shape index (κ3) is 2.14. The third-order valence-electron chi connectivity index (χ3n) is 2.18. The molecule has 0 unspecified atom stereocenters. The Morgan fingerprint density at radius 3 is 1.23 bits per heavy atom. The molecule has 13 heavy (non-hydrogen) atoms. The van der Waals surface area contributed by atoms with Gasteiger partial charge in [-0.3, -0.25) is 0 Å². The van der Waals surface area contributed by atoms with Gasteiger partial charge in [-0.1, -0.05) is 41.5 Å². The molecule has 0 fully saturated rings. The van der Waals surface area contributed by atoms with Crippen LogP contribution in [0.15, 0.2) is 10.6 Å². The molecule has 0 spiro atoms.